The van der Waals surface area contributed by atoms with Crippen molar-refractivity contribution in [3.63, 3.8) is 0 Å². The van der Waals surface area contributed by atoms with E-state index in [0.717, 1.165) is 25.7 Å². The van der Waals surface area contributed by atoms with Crippen molar-refractivity contribution < 1.29 is 4.79 Å². The molecule has 0 bridgehead atoms. The highest BCUT2D eigenvalue weighted by molar-refractivity contribution is 7.80. The van der Waals surface area contributed by atoms with Crippen LogP contribution in [0, 0.1) is 5.41 Å². The molecule has 1 aliphatic carbocycles. The van der Waals surface area contributed by atoms with Crippen molar-refractivity contribution in [2.45, 2.75) is 64.8 Å². The maximum Gasteiger partial charge on any atom is 0.233 e. The van der Waals surface area contributed by atoms with Gasteiger partial charge in [-0.15, -0.1) is 0 Å². The molecule has 0 unspecified atom stereocenters. The number of amides is 1. The van der Waals surface area contributed by atoms with Gasteiger partial charge >= 0.3 is 0 Å². The third-order valence-electron chi connectivity index (χ3n) is 3.35. The number of nitrogens with one attached hydrogen (secondary N) is 1. The van der Waals surface area contributed by atoms with Crippen molar-refractivity contribution in [3.8, 4) is 0 Å². The Labute approximate surface area is 110 Å². The second-order valence-corrected chi connectivity index (χ2v) is 6.50. The van der Waals surface area contributed by atoms with Crippen molar-refractivity contribution in [1.82, 2.24) is 5.32 Å². The first-order valence-corrected chi connectivity index (χ1v) is 6.81. The van der Waals surface area contributed by atoms with Crippen LogP contribution in [-0.4, -0.2) is 16.4 Å². The van der Waals surface area contributed by atoms with E-state index < -0.39 is 5.41 Å². The van der Waals surface area contributed by atoms with Gasteiger partial charge in [0.15, 0.2) is 0 Å². The van der Waals surface area contributed by atoms with Gasteiger partial charge in [-0.3, -0.25) is 4.79 Å². The molecule has 1 rings (SSSR count). The summed E-state index contributed by atoms with van der Waals surface area (Å²) in [6.45, 7) is 5.94. The number of hydrogen-bond donors (Lipinski definition) is 2. The molecule has 3 N–H and O–H groups in total. The number of rotatable bonds is 2. The summed E-state index contributed by atoms with van der Waals surface area (Å²) in [7, 11) is 0. The van der Waals surface area contributed by atoms with Crippen molar-refractivity contribution in [2.24, 2.45) is 11.1 Å². The van der Waals surface area contributed by atoms with Crippen LogP contribution < -0.4 is 11.1 Å². The van der Waals surface area contributed by atoms with Gasteiger partial charge in [0, 0.05) is 5.54 Å². The molecule has 0 atom stereocenters. The average Bonchev–Trinajstić information content (AvgIpc) is 2.40. The molecule has 17 heavy (non-hydrogen) atoms. The lowest BCUT2D eigenvalue weighted by molar-refractivity contribution is -0.129. The Hall–Kier alpha value is -0.640. The predicted octanol–water partition coefficient (Wildman–Crippen LogP) is 2.53. The van der Waals surface area contributed by atoms with Crippen molar-refractivity contribution in [1.29, 1.82) is 0 Å². The van der Waals surface area contributed by atoms with Gasteiger partial charge in [0.1, 0.15) is 0 Å². The topological polar surface area (TPSA) is 55.1 Å². The van der Waals surface area contributed by atoms with Gasteiger partial charge in [-0.25, -0.2) is 0 Å². The van der Waals surface area contributed by atoms with Crippen LogP contribution in [0.1, 0.15) is 59.3 Å². The number of hydrogen-bond acceptors (Lipinski definition) is 2. The van der Waals surface area contributed by atoms with Gasteiger partial charge in [0.05, 0.1) is 10.4 Å². The number of carbonyl (C=O) groups is 1. The van der Waals surface area contributed by atoms with Gasteiger partial charge in [0.2, 0.25) is 5.91 Å². The monoisotopic (exact) mass is 256 g/mol. The van der Waals surface area contributed by atoms with Crippen molar-refractivity contribution in [2.75, 3.05) is 0 Å². The van der Waals surface area contributed by atoms with E-state index in [1.54, 1.807) is 0 Å². The van der Waals surface area contributed by atoms with Crippen LogP contribution in [0.2, 0.25) is 0 Å². The normalized spacial score (nSPS) is 20.4. The van der Waals surface area contributed by atoms with Crippen LogP contribution in [0.3, 0.4) is 0 Å². The van der Waals surface area contributed by atoms with Gasteiger partial charge in [-0.1, -0.05) is 37.9 Å². The van der Waals surface area contributed by atoms with E-state index in [2.05, 4.69) is 5.32 Å². The fourth-order valence-corrected chi connectivity index (χ4v) is 2.67. The summed E-state index contributed by atoms with van der Waals surface area (Å²) in [6, 6.07) is 0. The minimum Gasteiger partial charge on any atom is -0.392 e. The van der Waals surface area contributed by atoms with Gasteiger partial charge in [0.25, 0.3) is 0 Å². The van der Waals surface area contributed by atoms with E-state index >= 15 is 0 Å². The molecular formula is C13H24N2OS. The maximum absolute atomic E-state index is 12.5. The van der Waals surface area contributed by atoms with E-state index in [1.807, 2.05) is 20.8 Å². The summed E-state index contributed by atoms with van der Waals surface area (Å²) in [5.74, 6) is 0.0133. The zero-order valence-corrected chi connectivity index (χ0v) is 12.0. The first-order valence-electron chi connectivity index (χ1n) is 6.40. The first kappa shape index (κ1) is 14.4. The lowest BCUT2D eigenvalue weighted by Gasteiger charge is -2.33. The highest BCUT2D eigenvalue weighted by Gasteiger charge is 2.42. The molecule has 1 saturated carbocycles. The molecule has 0 aromatic carbocycles. The van der Waals surface area contributed by atoms with E-state index in [4.69, 9.17) is 18.0 Å². The summed E-state index contributed by atoms with van der Waals surface area (Å²) in [5, 5.41) is 3.03. The van der Waals surface area contributed by atoms with E-state index in [1.165, 1.54) is 12.8 Å². The fraction of sp³-hybridized carbons (Fsp3) is 0.846. The lowest BCUT2D eigenvalue weighted by atomic mass is 9.78. The second-order valence-electron chi connectivity index (χ2n) is 6.06. The Bertz CT molecular complexity index is 299. The van der Waals surface area contributed by atoms with Gasteiger partial charge < -0.3 is 11.1 Å². The number of carbonyl (C=O) groups excluding carboxylic acids is 1. The van der Waals surface area contributed by atoms with E-state index in [0.29, 0.717) is 4.99 Å². The fourth-order valence-electron chi connectivity index (χ4n) is 2.38. The SMILES string of the molecule is CC(C)(C)NC(=O)C1(C(N)=S)CCCCCC1. The molecule has 4 heteroatoms. The Kier molecular flexibility index (Phi) is 4.53. The summed E-state index contributed by atoms with van der Waals surface area (Å²) < 4.78 is 0. The van der Waals surface area contributed by atoms with Gasteiger partial charge in [-0.2, -0.15) is 0 Å². The third-order valence-corrected chi connectivity index (χ3v) is 3.74. The molecule has 1 fully saturated rings. The predicted molar refractivity (Wildman–Crippen MR) is 74.8 cm³/mol. The Morgan fingerprint density at radius 2 is 1.65 bits per heavy atom. The number of thiocarbonyl (C=S) groups is 1. The number of nitrogens with two attached hydrogens (primary N) is 1. The molecule has 98 valence electrons. The van der Waals surface area contributed by atoms with E-state index in [-0.39, 0.29) is 11.4 Å². The van der Waals surface area contributed by atoms with Crippen molar-refractivity contribution >= 4 is 23.1 Å². The van der Waals surface area contributed by atoms with Crippen LogP contribution >= 0.6 is 12.2 Å². The second kappa shape index (κ2) is 5.34. The largest absolute Gasteiger partial charge is 0.392 e. The molecule has 3 nitrogen and oxygen atoms in total. The average molecular weight is 256 g/mol. The molecule has 0 radical (unpaired) electrons. The lowest BCUT2D eigenvalue weighted by Crippen LogP contribution is -2.53. The highest BCUT2D eigenvalue weighted by atomic mass is 32.1. The first-order chi connectivity index (χ1) is 7.78. The highest BCUT2D eigenvalue weighted by Crippen LogP contribution is 2.36. The van der Waals surface area contributed by atoms with Crippen LogP contribution in [0.25, 0.3) is 0 Å². The molecule has 1 amide bonds. The van der Waals surface area contributed by atoms with E-state index in [9.17, 15) is 4.79 Å². The minimum atomic E-state index is -0.612. The molecule has 0 saturated heterocycles. The van der Waals surface area contributed by atoms with Crippen LogP contribution in [0.4, 0.5) is 0 Å². The molecule has 0 aliphatic heterocycles. The Morgan fingerprint density at radius 1 is 1.18 bits per heavy atom. The summed E-state index contributed by atoms with van der Waals surface area (Å²) in [6.07, 6.45) is 6.01. The molecule has 1 aliphatic rings. The van der Waals surface area contributed by atoms with Crippen molar-refractivity contribution in [3.05, 3.63) is 0 Å². The van der Waals surface area contributed by atoms with Crippen LogP contribution in [-0.2, 0) is 4.79 Å². The summed E-state index contributed by atoms with van der Waals surface area (Å²) >= 11 is 5.17. The molecular weight excluding hydrogens is 232 g/mol. The third kappa shape index (κ3) is 3.66. The Morgan fingerprint density at radius 3 is 2.00 bits per heavy atom. The molecule has 0 aromatic heterocycles. The molecule has 0 heterocycles. The minimum absolute atomic E-state index is 0.0133. The van der Waals surface area contributed by atoms with Crippen LogP contribution in [0.5, 0.6) is 0 Å². The quantitative estimate of drug-likeness (QED) is 0.589. The zero-order valence-electron chi connectivity index (χ0n) is 11.1. The maximum atomic E-state index is 12.5. The molecule has 0 aromatic rings. The summed E-state index contributed by atoms with van der Waals surface area (Å²) in [5.41, 5.74) is 5.02. The van der Waals surface area contributed by atoms with Gasteiger partial charge in [-0.05, 0) is 33.6 Å². The standard InChI is InChI=1S/C13H24N2OS/c1-12(2,3)15-11(16)13(10(14)17)8-6-4-5-7-9-13/h4-9H2,1-3H3,(H2,14,17)(H,15,16). The molecule has 0 spiro atoms. The van der Waals surface area contributed by atoms with Crippen LogP contribution in [0.15, 0.2) is 0 Å². The Balaban J connectivity index is 2.90. The summed E-state index contributed by atoms with van der Waals surface area (Å²) in [4.78, 5) is 12.8. The smallest absolute Gasteiger partial charge is 0.233 e. The zero-order chi connectivity index (χ0) is 13.1.